The number of benzene rings is 2. The number of methoxy groups -OCH3 is 1. The molecule has 0 amide bonds. The first kappa shape index (κ1) is 19.6. The maximum atomic E-state index is 9.96. The van der Waals surface area contributed by atoms with Crippen LogP contribution in [0.3, 0.4) is 0 Å². The first-order valence-corrected chi connectivity index (χ1v) is 11.0. The van der Waals surface area contributed by atoms with E-state index in [1.54, 1.807) is 7.11 Å². The molecular weight excluding hydrogens is 398 g/mol. The van der Waals surface area contributed by atoms with Gasteiger partial charge in [0.15, 0.2) is 0 Å². The Morgan fingerprint density at radius 3 is 2.77 bits per heavy atom. The number of pyridine rings is 1. The van der Waals surface area contributed by atoms with E-state index in [9.17, 15) is 5.11 Å². The maximum Gasteiger partial charge on any atom is 0.137 e. The molecule has 1 fully saturated rings. The first-order valence-electron chi connectivity index (χ1n) is 10.6. The minimum absolute atomic E-state index is 0.185. The van der Waals surface area contributed by atoms with Crippen molar-refractivity contribution >= 4 is 44.3 Å². The molecule has 1 aliphatic rings. The Hall–Kier alpha value is -2.34. The lowest BCUT2D eigenvalue weighted by atomic mass is 10.1. The number of halogens is 1. The van der Waals surface area contributed by atoms with Crippen molar-refractivity contribution in [2.75, 3.05) is 26.7 Å². The topological polar surface area (TPSA) is 50.5 Å². The highest BCUT2D eigenvalue weighted by molar-refractivity contribution is 6.36. The average molecular weight is 424 g/mol. The van der Waals surface area contributed by atoms with Crippen LogP contribution in [0.1, 0.15) is 19.3 Å². The molecule has 5 rings (SSSR count). The molecule has 0 aliphatic carbocycles. The molecule has 0 radical (unpaired) electrons. The van der Waals surface area contributed by atoms with Crippen LogP contribution in [0.2, 0.25) is 5.15 Å². The van der Waals surface area contributed by atoms with E-state index < -0.39 is 0 Å². The van der Waals surface area contributed by atoms with E-state index in [1.807, 2.05) is 24.3 Å². The molecule has 4 aromatic rings. The summed E-state index contributed by atoms with van der Waals surface area (Å²) >= 11 is 6.56. The number of rotatable bonds is 5. The van der Waals surface area contributed by atoms with E-state index in [1.165, 1.54) is 0 Å². The molecule has 2 aromatic heterocycles. The largest absolute Gasteiger partial charge is 0.497 e. The Labute approximate surface area is 180 Å². The van der Waals surface area contributed by atoms with Crippen molar-refractivity contribution in [1.29, 1.82) is 0 Å². The van der Waals surface area contributed by atoms with Crippen LogP contribution in [-0.4, -0.2) is 52.4 Å². The number of hydrogen-bond acceptors (Lipinski definition) is 4. The third-order valence-electron chi connectivity index (χ3n) is 6.19. The fourth-order valence-electron chi connectivity index (χ4n) is 4.78. The number of aliphatic hydroxyl groups is 1. The molecule has 3 heterocycles. The zero-order valence-corrected chi connectivity index (χ0v) is 17.9. The van der Waals surface area contributed by atoms with Gasteiger partial charge in [0.2, 0.25) is 0 Å². The SMILES string of the molecule is COc1ccc2c(c1)c1nc(Cl)c3ccccc3c1n2CCCN1CCC[C@@H](O)C1. The van der Waals surface area contributed by atoms with Crippen LogP contribution in [0.5, 0.6) is 5.75 Å². The Kier molecular flexibility index (Phi) is 5.27. The van der Waals surface area contributed by atoms with Gasteiger partial charge in [0.1, 0.15) is 10.9 Å². The van der Waals surface area contributed by atoms with Gasteiger partial charge in [-0.3, -0.25) is 0 Å². The zero-order chi connectivity index (χ0) is 20.7. The summed E-state index contributed by atoms with van der Waals surface area (Å²) in [7, 11) is 1.68. The summed E-state index contributed by atoms with van der Waals surface area (Å²) in [6.07, 6.45) is 2.82. The molecule has 0 saturated carbocycles. The Morgan fingerprint density at radius 1 is 1.13 bits per heavy atom. The summed E-state index contributed by atoms with van der Waals surface area (Å²) in [5.41, 5.74) is 3.18. The Balaban J connectivity index is 1.60. The third kappa shape index (κ3) is 3.41. The molecule has 0 spiro atoms. The molecule has 30 heavy (non-hydrogen) atoms. The van der Waals surface area contributed by atoms with Crippen molar-refractivity contribution in [3.8, 4) is 5.75 Å². The number of ether oxygens (including phenoxy) is 1. The number of hydrogen-bond donors (Lipinski definition) is 1. The molecule has 1 aliphatic heterocycles. The molecule has 5 nitrogen and oxygen atoms in total. The second-order valence-electron chi connectivity index (χ2n) is 8.13. The van der Waals surface area contributed by atoms with Crippen molar-refractivity contribution in [3.05, 3.63) is 47.6 Å². The monoisotopic (exact) mass is 423 g/mol. The highest BCUT2D eigenvalue weighted by Gasteiger charge is 2.19. The fraction of sp³-hybridized carbons (Fsp3) is 0.375. The predicted octanol–water partition coefficient (Wildman–Crippen LogP) is 4.85. The summed E-state index contributed by atoms with van der Waals surface area (Å²) in [6, 6.07) is 14.4. The Morgan fingerprint density at radius 2 is 1.97 bits per heavy atom. The summed E-state index contributed by atoms with van der Waals surface area (Å²) in [4.78, 5) is 7.15. The van der Waals surface area contributed by atoms with Crippen LogP contribution in [0.25, 0.3) is 32.7 Å². The number of aryl methyl sites for hydroxylation is 1. The van der Waals surface area contributed by atoms with Crippen molar-refractivity contribution in [3.63, 3.8) is 0 Å². The lowest BCUT2D eigenvalue weighted by molar-refractivity contribution is 0.0696. The lowest BCUT2D eigenvalue weighted by Crippen LogP contribution is -2.38. The lowest BCUT2D eigenvalue weighted by Gasteiger charge is -2.30. The number of aromatic nitrogens is 2. The van der Waals surface area contributed by atoms with Gasteiger partial charge in [0, 0.05) is 29.2 Å². The summed E-state index contributed by atoms with van der Waals surface area (Å²) in [5, 5.41) is 13.6. The number of piperidine rings is 1. The molecule has 156 valence electrons. The second kappa shape index (κ2) is 8.06. The van der Waals surface area contributed by atoms with Gasteiger partial charge >= 0.3 is 0 Å². The normalized spacial score (nSPS) is 17.9. The predicted molar refractivity (Wildman–Crippen MR) is 123 cm³/mol. The molecular formula is C24H26ClN3O2. The molecule has 1 atom stereocenters. The van der Waals surface area contributed by atoms with E-state index in [4.69, 9.17) is 21.3 Å². The molecule has 0 unspecified atom stereocenters. The standard InChI is InChI=1S/C24H26ClN3O2/c1-30-17-9-10-21-20(14-17)22-23(18-7-2-3-8-19(18)24(25)26-22)28(21)13-5-12-27-11-4-6-16(29)15-27/h2-3,7-10,14,16,29H,4-6,11-13,15H2,1H3/t16-/m1/s1. The van der Waals surface area contributed by atoms with E-state index >= 15 is 0 Å². The van der Waals surface area contributed by atoms with Crippen LogP contribution in [0.15, 0.2) is 42.5 Å². The fourth-order valence-corrected chi connectivity index (χ4v) is 5.03. The van der Waals surface area contributed by atoms with Crippen molar-refractivity contribution in [2.24, 2.45) is 0 Å². The second-order valence-corrected chi connectivity index (χ2v) is 8.49. The zero-order valence-electron chi connectivity index (χ0n) is 17.1. The molecule has 2 aromatic carbocycles. The van der Waals surface area contributed by atoms with Gasteiger partial charge in [-0.2, -0.15) is 0 Å². The van der Waals surface area contributed by atoms with Crippen LogP contribution in [0, 0.1) is 0 Å². The van der Waals surface area contributed by atoms with E-state index in [2.05, 4.69) is 27.7 Å². The highest BCUT2D eigenvalue weighted by Crippen LogP contribution is 2.37. The number of nitrogens with zero attached hydrogens (tertiary/aromatic N) is 3. The smallest absolute Gasteiger partial charge is 0.137 e. The summed E-state index contributed by atoms with van der Waals surface area (Å²) in [6.45, 7) is 3.71. The molecule has 1 N–H and O–H groups in total. The third-order valence-corrected chi connectivity index (χ3v) is 6.48. The molecule has 6 heteroatoms. The van der Waals surface area contributed by atoms with Gasteiger partial charge in [-0.15, -0.1) is 0 Å². The van der Waals surface area contributed by atoms with E-state index in [0.717, 1.165) is 83.9 Å². The van der Waals surface area contributed by atoms with Gasteiger partial charge < -0.3 is 19.3 Å². The van der Waals surface area contributed by atoms with Crippen molar-refractivity contribution in [2.45, 2.75) is 31.9 Å². The van der Waals surface area contributed by atoms with Crippen LogP contribution in [-0.2, 0) is 6.54 Å². The van der Waals surface area contributed by atoms with Gasteiger partial charge in [0.05, 0.1) is 29.8 Å². The van der Waals surface area contributed by atoms with Gasteiger partial charge in [-0.1, -0.05) is 35.9 Å². The van der Waals surface area contributed by atoms with Crippen LogP contribution >= 0.6 is 11.6 Å². The minimum atomic E-state index is -0.185. The van der Waals surface area contributed by atoms with Gasteiger partial charge in [0.25, 0.3) is 0 Å². The van der Waals surface area contributed by atoms with Crippen molar-refractivity contribution in [1.82, 2.24) is 14.5 Å². The van der Waals surface area contributed by atoms with E-state index in [0.29, 0.717) is 5.15 Å². The van der Waals surface area contributed by atoms with Gasteiger partial charge in [-0.05, 0) is 50.6 Å². The summed E-state index contributed by atoms with van der Waals surface area (Å²) < 4.78 is 7.84. The number of β-amino-alcohol motifs (C(OH)–C–C–N with tert-alkyl or cyclic N) is 1. The quantitative estimate of drug-likeness (QED) is 0.466. The average Bonchev–Trinajstić information content (AvgIpc) is 3.07. The van der Waals surface area contributed by atoms with E-state index in [-0.39, 0.29) is 6.10 Å². The van der Waals surface area contributed by atoms with Crippen LogP contribution < -0.4 is 4.74 Å². The van der Waals surface area contributed by atoms with Crippen molar-refractivity contribution < 1.29 is 9.84 Å². The highest BCUT2D eigenvalue weighted by atomic mass is 35.5. The number of likely N-dealkylation sites (tertiary alicyclic amines) is 1. The Bertz CT molecular complexity index is 1220. The minimum Gasteiger partial charge on any atom is -0.497 e. The molecule has 1 saturated heterocycles. The van der Waals surface area contributed by atoms with Gasteiger partial charge in [-0.25, -0.2) is 4.98 Å². The maximum absolute atomic E-state index is 9.96. The first-order chi connectivity index (χ1) is 14.7. The van der Waals surface area contributed by atoms with Crippen LogP contribution in [0.4, 0.5) is 0 Å². The summed E-state index contributed by atoms with van der Waals surface area (Å²) in [5.74, 6) is 0.815. The number of fused-ring (bicyclic) bond motifs is 5. The molecule has 0 bridgehead atoms. The number of aliphatic hydroxyl groups excluding tert-OH is 1.